The Morgan fingerprint density at radius 1 is 1.14 bits per heavy atom. The van der Waals surface area contributed by atoms with Gasteiger partial charge in [0.2, 0.25) is 0 Å². The average molecular weight is 196 g/mol. The van der Waals surface area contributed by atoms with Crippen molar-refractivity contribution in [3.63, 3.8) is 0 Å². The van der Waals surface area contributed by atoms with E-state index in [0.29, 0.717) is 5.92 Å². The molecule has 2 rings (SSSR count). The lowest BCUT2D eigenvalue weighted by Crippen LogP contribution is -2.38. The lowest BCUT2D eigenvalue weighted by molar-refractivity contribution is -0.121. The van der Waals surface area contributed by atoms with Gasteiger partial charge in [-0.3, -0.25) is 10.1 Å². The van der Waals surface area contributed by atoms with Crippen molar-refractivity contribution in [3.8, 4) is 0 Å². The first-order valence-electron chi connectivity index (χ1n) is 5.28. The molecule has 4 heteroatoms. The van der Waals surface area contributed by atoms with E-state index in [0.717, 1.165) is 18.8 Å². The summed E-state index contributed by atoms with van der Waals surface area (Å²) >= 11 is 0. The molecular weight excluding hydrogens is 180 g/mol. The maximum Gasteiger partial charge on any atom is 0.322 e. The van der Waals surface area contributed by atoms with Crippen LogP contribution in [0.1, 0.15) is 32.6 Å². The lowest BCUT2D eigenvalue weighted by Gasteiger charge is -2.28. The van der Waals surface area contributed by atoms with Gasteiger partial charge in [0.05, 0.1) is 0 Å². The number of imide groups is 1. The van der Waals surface area contributed by atoms with E-state index in [2.05, 4.69) is 17.6 Å². The molecule has 0 aromatic rings. The number of rotatable bonds is 1. The molecule has 1 saturated heterocycles. The molecule has 3 amide bonds. The van der Waals surface area contributed by atoms with Gasteiger partial charge in [0, 0.05) is 0 Å². The predicted molar refractivity (Wildman–Crippen MR) is 51.6 cm³/mol. The second-order valence-corrected chi connectivity index (χ2v) is 4.46. The molecule has 0 radical (unpaired) electrons. The molecule has 0 aromatic carbocycles. The minimum atomic E-state index is -0.335. The van der Waals surface area contributed by atoms with Gasteiger partial charge in [0.15, 0.2) is 0 Å². The number of urea groups is 1. The Hall–Kier alpha value is -1.06. The minimum Gasteiger partial charge on any atom is -0.326 e. The Labute approximate surface area is 83.4 Å². The van der Waals surface area contributed by atoms with Gasteiger partial charge >= 0.3 is 6.03 Å². The van der Waals surface area contributed by atoms with E-state index in [4.69, 9.17) is 0 Å². The van der Waals surface area contributed by atoms with Gasteiger partial charge in [-0.1, -0.05) is 19.8 Å². The monoisotopic (exact) mass is 196 g/mol. The fraction of sp³-hybridized carbons (Fsp3) is 0.800. The third kappa shape index (κ3) is 1.74. The first-order chi connectivity index (χ1) is 6.66. The highest BCUT2D eigenvalue weighted by molar-refractivity contribution is 6.04. The highest BCUT2D eigenvalue weighted by atomic mass is 16.2. The zero-order valence-corrected chi connectivity index (χ0v) is 8.38. The first-order valence-corrected chi connectivity index (χ1v) is 5.28. The highest BCUT2D eigenvalue weighted by Gasteiger charge is 2.37. The minimum absolute atomic E-state index is 0.144. The molecule has 2 fully saturated rings. The Morgan fingerprint density at radius 2 is 1.79 bits per heavy atom. The topological polar surface area (TPSA) is 58.2 Å². The van der Waals surface area contributed by atoms with Crippen LogP contribution in [0.15, 0.2) is 0 Å². The van der Waals surface area contributed by atoms with Gasteiger partial charge in [-0.15, -0.1) is 0 Å². The summed E-state index contributed by atoms with van der Waals surface area (Å²) in [4.78, 5) is 22.3. The average Bonchev–Trinajstić information content (AvgIpc) is 2.47. The van der Waals surface area contributed by atoms with Crippen LogP contribution in [0.5, 0.6) is 0 Å². The second kappa shape index (κ2) is 3.59. The standard InChI is InChI=1S/C10H16N2O2/c1-6-2-4-7(5-3-6)8-9(13)12-10(14)11-8/h6-8H,2-5H2,1H3,(H2,11,12,13,14). The van der Waals surface area contributed by atoms with E-state index in [-0.39, 0.29) is 18.0 Å². The van der Waals surface area contributed by atoms with Gasteiger partial charge in [0.1, 0.15) is 6.04 Å². The van der Waals surface area contributed by atoms with Crippen LogP contribution in [0, 0.1) is 11.8 Å². The fourth-order valence-electron chi connectivity index (χ4n) is 2.38. The third-order valence-electron chi connectivity index (χ3n) is 3.34. The maximum absolute atomic E-state index is 11.4. The smallest absolute Gasteiger partial charge is 0.322 e. The van der Waals surface area contributed by atoms with Gasteiger partial charge in [0.25, 0.3) is 5.91 Å². The molecule has 78 valence electrons. The predicted octanol–water partition coefficient (Wildman–Crippen LogP) is 1.02. The van der Waals surface area contributed by atoms with Crippen molar-refractivity contribution in [1.29, 1.82) is 0 Å². The molecule has 0 aromatic heterocycles. The van der Waals surface area contributed by atoms with Crippen LogP contribution in [0.4, 0.5) is 4.79 Å². The van der Waals surface area contributed by atoms with Gasteiger partial charge in [-0.2, -0.15) is 0 Å². The van der Waals surface area contributed by atoms with Crippen molar-refractivity contribution in [2.45, 2.75) is 38.6 Å². The Balaban J connectivity index is 1.95. The summed E-state index contributed by atoms with van der Waals surface area (Å²) in [5, 5.41) is 4.97. The molecule has 14 heavy (non-hydrogen) atoms. The number of amides is 3. The van der Waals surface area contributed by atoms with E-state index >= 15 is 0 Å². The van der Waals surface area contributed by atoms with Crippen LogP contribution in [0.25, 0.3) is 0 Å². The van der Waals surface area contributed by atoms with Crippen molar-refractivity contribution >= 4 is 11.9 Å². The van der Waals surface area contributed by atoms with Crippen molar-refractivity contribution in [2.24, 2.45) is 11.8 Å². The van der Waals surface area contributed by atoms with Crippen molar-refractivity contribution in [1.82, 2.24) is 10.6 Å². The van der Waals surface area contributed by atoms with Crippen LogP contribution in [0.2, 0.25) is 0 Å². The largest absolute Gasteiger partial charge is 0.326 e. The second-order valence-electron chi connectivity index (χ2n) is 4.46. The van der Waals surface area contributed by atoms with E-state index in [9.17, 15) is 9.59 Å². The summed E-state index contributed by atoms with van der Waals surface area (Å²) in [6, 6.07) is -0.603. The summed E-state index contributed by atoms with van der Waals surface area (Å²) in [6.07, 6.45) is 4.45. The molecule has 4 nitrogen and oxygen atoms in total. The van der Waals surface area contributed by atoms with E-state index in [1.807, 2.05) is 0 Å². The number of hydrogen-bond acceptors (Lipinski definition) is 2. The van der Waals surface area contributed by atoms with Crippen LogP contribution in [-0.2, 0) is 4.79 Å². The lowest BCUT2D eigenvalue weighted by atomic mass is 9.79. The third-order valence-corrected chi connectivity index (χ3v) is 3.34. The Morgan fingerprint density at radius 3 is 2.29 bits per heavy atom. The summed E-state index contributed by atoms with van der Waals surface area (Å²) in [6.45, 7) is 2.24. The normalized spacial score (nSPS) is 37.9. The molecule has 1 aliphatic carbocycles. The van der Waals surface area contributed by atoms with E-state index in [1.54, 1.807) is 0 Å². The summed E-state index contributed by atoms with van der Waals surface area (Å²) in [7, 11) is 0. The van der Waals surface area contributed by atoms with Gasteiger partial charge < -0.3 is 5.32 Å². The summed E-state index contributed by atoms with van der Waals surface area (Å²) < 4.78 is 0. The van der Waals surface area contributed by atoms with Crippen molar-refractivity contribution in [3.05, 3.63) is 0 Å². The fourth-order valence-corrected chi connectivity index (χ4v) is 2.38. The van der Waals surface area contributed by atoms with Gasteiger partial charge in [-0.05, 0) is 24.7 Å². The number of nitrogens with one attached hydrogen (secondary N) is 2. The van der Waals surface area contributed by atoms with Crippen molar-refractivity contribution < 1.29 is 9.59 Å². The van der Waals surface area contributed by atoms with Crippen LogP contribution < -0.4 is 10.6 Å². The molecule has 0 bridgehead atoms. The van der Waals surface area contributed by atoms with Crippen molar-refractivity contribution in [2.75, 3.05) is 0 Å². The molecule has 1 saturated carbocycles. The Bertz CT molecular complexity index is 257. The summed E-state index contributed by atoms with van der Waals surface area (Å²) in [5.41, 5.74) is 0. The molecule has 2 N–H and O–H groups in total. The van der Waals surface area contributed by atoms with Crippen LogP contribution in [0.3, 0.4) is 0 Å². The molecule has 1 unspecified atom stereocenters. The molecule has 1 atom stereocenters. The quantitative estimate of drug-likeness (QED) is 0.615. The maximum atomic E-state index is 11.4. The molecule has 2 aliphatic rings. The number of hydrogen-bond donors (Lipinski definition) is 2. The molecular formula is C10H16N2O2. The zero-order valence-electron chi connectivity index (χ0n) is 8.38. The van der Waals surface area contributed by atoms with Crippen LogP contribution in [-0.4, -0.2) is 18.0 Å². The zero-order chi connectivity index (χ0) is 10.1. The SMILES string of the molecule is CC1CCC(C2NC(=O)NC2=O)CC1. The van der Waals surface area contributed by atoms with Crippen LogP contribution >= 0.6 is 0 Å². The first kappa shape index (κ1) is 9.49. The van der Waals surface area contributed by atoms with E-state index < -0.39 is 0 Å². The van der Waals surface area contributed by atoms with Gasteiger partial charge in [-0.25, -0.2) is 4.79 Å². The van der Waals surface area contributed by atoms with E-state index in [1.165, 1.54) is 12.8 Å². The molecule has 1 heterocycles. The molecule has 0 spiro atoms. The Kier molecular flexibility index (Phi) is 2.44. The number of carbonyl (C=O) groups excluding carboxylic acids is 2. The highest BCUT2D eigenvalue weighted by Crippen LogP contribution is 2.31. The molecule has 1 aliphatic heterocycles. The number of carbonyl (C=O) groups is 2. The summed E-state index contributed by atoms with van der Waals surface area (Å²) in [5.74, 6) is 0.971.